The Balaban J connectivity index is 1.50. The van der Waals surface area contributed by atoms with Crippen LogP contribution in [0.4, 0.5) is 0 Å². The van der Waals surface area contributed by atoms with Gasteiger partial charge in [0.25, 0.3) is 0 Å². The minimum absolute atomic E-state index is 0.180. The fourth-order valence-corrected chi connectivity index (χ4v) is 4.99. The number of carboxylic acids is 1. The zero-order valence-corrected chi connectivity index (χ0v) is 17.0. The van der Waals surface area contributed by atoms with E-state index in [1.54, 1.807) is 11.3 Å². The molecule has 7 heteroatoms. The van der Waals surface area contributed by atoms with Gasteiger partial charge >= 0.3 is 5.97 Å². The minimum Gasteiger partial charge on any atom is -0.481 e. The SMILES string of the molecule is CNCc1ccc2sc(CNC(=O)C3(CC(=O)O)Cc4ccccc4C3)nc2c1. The lowest BCUT2D eigenvalue weighted by Gasteiger charge is -2.25. The van der Waals surface area contributed by atoms with Crippen molar-refractivity contribution in [1.82, 2.24) is 15.6 Å². The summed E-state index contributed by atoms with van der Waals surface area (Å²) < 4.78 is 1.07. The first kappa shape index (κ1) is 19.5. The van der Waals surface area contributed by atoms with E-state index in [1.807, 2.05) is 43.4 Å². The lowest BCUT2D eigenvalue weighted by Crippen LogP contribution is -2.43. The van der Waals surface area contributed by atoms with Crippen LogP contribution in [0, 0.1) is 5.41 Å². The van der Waals surface area contributed by atoms with Gasteiger partial charge < -0.3 is 15.7 Å². The Bertz CT molecular complexity index is 1050. The van der Waals surface area contributed by atoms with E-state index < -0.39 is 11.4 Å². The number of carboxylic acid groups (broad SMARTS) is 1. The summed E-state index contributed by atoms with van der Waals surface area (Å²) in [5.74, 6) is -1.17. The number of carbonyl (C=O) groups is 2. The second-order valence-electron chi connectivity index (χ2n) is 7.60. The summed E-state index contributed by atoms with van der Waals surface area (Å²) >= 11 is 1.55. The van der Waals surface area contributed by atoms with Crippen LogP contribution in [-0.4, -0.2) is 29.0 Å². The molecule has 0 aliphatic heterocycles. The number of fused-ring (bicyclic) bond motifs is 2. The van der Waals surface area contributed by atoms with Gasteiger partial charge in [-0.1, -0.05) is 30.3 Å². The number of carbonyl (C=O) groups excluding carboxylic acids is 1. The first-order chi connectivity index (χ1) is 14.0. The summed E-state index contributed by atoms with van der Waals surface area (Å²) in [4.78, 5) is 29.2. The summed E-state index contributed by atoms with van der Waals surface area (Å²) in [6.45, 7) is 1.08. The molecule has 0 saturated heterocycles. The lowest BCUT2D eigenvalue weighted by molar-refractivity contribution is -0.145. The first-order valence-corrected chi connectivity index (χ1v) is 10.4. The molecule has 0 saturated carbocycles. The Hall–Kier alpha value is -2.77. The fraction of sp³-hybridized carbons (Fsp3) is 0.318. The predicted molar refractivity (Wildman–Crippen MR) is 113 cm³/mol. The van der Waals surface area contributed by atoms with Gasteiger partial charge in [0.2, 0.25) is 5.91 Å². The molecule has 3 aromatic rings. The maximum atomic E-state index is 13.1. The van der Waals surface area contributed by atoms with Gasteiger partial charge in [0.1, 0.15) is 5.01 Å². The molecule has 6 nitrogen and oxygen atoms in total. The van der Waals surface area contributed by atoms with E-state index >= 15 is 0 Å². The van der Waals surface area contributed by atoms with Gasteiger partial charge in [-0.15, -0.1) is 11.3 Å². The number of aliphatic carboxylic acids is 1. The maximum Gasteiger partial charge on any atom is 0.304 e. The number of aromatic nitrogens is 1. The highest BCUT2D eigenvalue weighted by Gasteiger charge is 2.45. The van der Waals surface area contributed by atoms with Crippen LogP contribution < -0.4 is 10.6 Å². The van der Waals surface area contributed by atoms with Gasteiger partial charge in [-0.3, -0.25) is 9.59 Å². The van der Waals surface area contributed by atoms with Crippen molar-refractivity contribution in [2.45, 2.75) is 32.4 Å². The van der Waals surface area contributed by atoms with Crippen LogP contribution in [0.1, 0.15) is 28.1 Å². The first-order valence-electron chi connectivity index (χ1n) is 9.59. The normalized spacial score (nSPS) is 14.7. The van der Waals surface area contributed by atoms with Crippen LogP contribution in [0.5, 0.6) is 0 Å². The van der Waals surface area contributed by atoms with Crippen LogP contribution in [0.3, 0.4) is 0 Å². The van der Waals surface area contributed by atoms with Crippen molar-refractivity contribution in [1.29, 1.82) is 0 Å². The van der Waals surface area contributed by atoms with Gasteiger partial charge in [0, 0.05) is 6.54 Å². The van der Waals surface area contributed by atoms with E-state index in [-0.39, 0.29) is 12.3 Å². The van der Waals surface area contributed by atoms with E-state index in [4.69, 9.17) is 0 Å². The van der Waals surface area contributed by atoms with Gasteiger partial charge in [-0.2, -0.15) is 0 Å². The number of hydrogen-bond donors (Lipinski definition) is 3. The number of rotatable bonds is 7. The van der Waals surface area contributed by atoms with Gasteiger partial charge in [0.05, 0.1) is 28.6 Å². The third-order valence-corrected chi connectivity index (χ3v) is 6.46. The van der Waals surface area contributed by atoms with E-state index in [0.717, 1.165) is 38.5 Å². The minimum atomic E-state index is -0.954. The number of amides is 1. The molecule has 0 unspecified atom stereocenters. The van der Waals surface area contributed by atoms with Gasteiger partial charge in [-0.05, 0) is 48.7 Å². The van der Waals surface area contributed by atoms with Gasteiger partial charge in [0.15, 0.2) is 0 Å². The summed E-state index contributed by atoms with van der Waals surface area (Å²) in [5.41, 5.74) is 3.25. The number of hydrogen-bond acceptors (Lipinski definition) is 5. The van der Waals surface area contributed by atoms with Crippen LogP contribution in [-0.2, 0) is 35.5 Å². The smallest absolute Gasteiger partial charge is 0.304 e. The average Bonchev–Trinajstić information content (AvgIpc) is 3.26. The molecule has 0 radical (unpaired) electrons. The Morgan fingerprint density at radius 1 is 1.14 bits per heavy atom. The van der Waals surface area contributed by atoms with Crippen molar-refractivity contribution in [2.24, 2.45) is 5.41 Å². The second kappa shape index (κ2) is 7.93. The van der Waals surface area contributed by atoms with Crippen molar-refractivity contribution in [3.63, 3.8) is 0 Å². The molecule has 2 aromatic carbocycles. The predicted octanol–water partition coefficient (Wildman–Crippen LogP) is 2.89. The second-order valence-corrected chi connectivity index (χ2v) is 8.71. The molecule has 150 valence electrons. The summed E-state index contributed by atoms with van der Waals surface area (Å²) in [5, 5.41) is 16.3. The monoisotopic (exact) mass is 409 g/mol. The number of benzene rings is 2. The maximum absolute atomic E-state index is 13.1. The number of nitrogens with one attached hydrogen (secondary N) is 2. The van der Waals surface area contributed by atoms with Crippen molar-refractivity contribution < 1.29 is 14.7 Å². The molecular weight excluding hydrogens is 386 g/mol. The Morgan fingerprint density at radius 2 is 1.86 bits per heavy atom. The fourth-order valence-electron chi connectivity index (χ4n) is 4.10. The summed E-state index contributed by atoms with van der Waals surface area (Å²) in [6.07, 6.45) is 0.726. The third-order valence-electron chi connectivity index (χ3n) is 5.42. The van der Waals surface area contributed by atoms with E-state index in [0.29, 0.717) is 19.4 Å². The topological polar surface area (TPSA) is 91.3 Å². The quantitative estimate of drug-likeness (QED) is 0.558. The highest BCUT2D eigenvalue weighted by molar-refractivity contribution is 7.18. The van der Waals surface area contributed by atoms with Gasteiger partial charge in [-0.25, -0.2) is 4.98 Å². The molecule has 4 rings (SSSR count). The molecule has 0 fully saturated rings. The van der Waals surface area contributed by atoms with E-state index in [9.17, 15) is 14.7 Å². The molecule has 1 amide bonds. The van der Waals surface area contributed by atoms with Crippen LogP contribution in [0.15, 0.2) is 42.5 Å². The van der Waals surface area contributed by atoms with Crippen molar-refractivity contribution in [3.05, 3.63) is 64.2 Å². The molecule has 0 spiro atoms. The van der Waals surface area contributed by atoms with E-state index in [1.165, 1.54) is 0 Å². The third kappa shape index (κ3) is 4.02. The van der Waals surface area contributed by atoms with E-state index in [2.05, 4.69) is 21.7 Å². The zero-order valence-electron chi connectivity index (χ0n) is 16.2. The summed E-state index contributed by atoms with van der Waals surface area (Å²) in [6, 6.07) is 14.0. The Labute approximate surface area is 173 Å². The molecule has 1 aromatic heterocycles. The molecular formula is C22H23N3O3S. The number of nitrogens with zero attached hydrogens (tertiary/aromatic N) is 1. The summed E-state index contributed by atoms with van der Waals surface area (Å²) in [7, 11) is 1.90. The molecule has 1 aliphatic rings. The van der Waals surface area contributed by atoms with Crippen molar-refractivity contribution >= 4 is 33.4 Å². The molecule has 29 heavy (non-hydrogen) atoms. The molecule has 0 atom stereocenters. The molecule has 3 N–H and O–H groups in total. The van der Waals surface area contributed by atoms with Crippen LogP contribution in [0.25, 0.3) is 10.2 Å². The molecule has 0 bridgehead atoms. The van der Waals surface area contributed by atoms with Crippen molar-refractivity contribution in [2.75, 3.05) is 7.05 Å². The Kier molecular flexibility index (Phi) is 5.34. The molecule has 1 aliphatic carbocycles. The average molecular weight is 410 g/mol. The lowest BCUT2D eigenvalue weighted by atomic mass is 9.80. The van der Waals surface area contributed by atoms with Crippen LogP contribution in [0.2, 0.25) is 0 Å². The molecule has 1 heterocycles. The Morgan fingerprint density at radius 3 is 2.52 bits per heavy atom. The number of thiazole rings is 1. The zero-order chi connectivity index (χ0) is 20.4. The standard InChI is InChI=1S/C22H23N3O3S/c1-23-12-14-6-7-18-17(8-14)25-19(29-18)13-24-21(28)22(11-20(26)27)9-15-4-2-3-5-16(15)10-22/h2-8,23H,9-13H2,1H3,(H,24,28)(H,26,27). The highest BCUT2D eigenvalue weighted by atomic mass is 32.1. The van der Waals surface area contributed by atoms with Crippen LogP contribution >= 0.6 is 11.3 Å². The van der Waals surface area contributed by atoms with Crippen molar-refractivity contribution in [3.8, 4) is 0 Å². The largest absolute Gasteiger partial charge is 0.481 e. The highest BCUT2D eigenvalue weighted by Crippen LogP contribution is 2.40.